The number of benzene rings is 1. The molecule has 14 heteroatoms. The first-order chi connectivity index (χ1) is 17.3. The number of aliphatic hydroxyl groups excluding tert-OH is 1. The molecule has 0 unspecified atom stereocenters. The molecule has 5 rings (SSSR count). The van der Waals surface area contributed by atoms with Crippen LogP contribution < -0.4 is 10.5 Å². The molecule has 0 spiro atoms. The van der Waals surface area contributed by atoms with Crippen LogP contribution in [0.1, 0.15) is 36.0 Å². The highest BCUT2D eigenvalue weighted by molar-refractivity contribution is 6.30. The number of halogens is 8. The van der Waals surface area contributed by atoms with Gasteiger partial charge in [0.2, 0.25) is 0 Å². The first-order valence-corrected chi connectivity index (χ1v) is 11.3. The van der Waals surface area contributed by atoms with Gasteiger partial charge in [0.1, 0.15) is 23.2 Å². The van der Waals surface area contributed by atoms with Crippen molar-refractivity contribution < 1.29 is 35.8 Å². The Morgan fingerprint density at radius 1 is 1.00 bits per heavy atom. The molecule has 3 aromatic rings. The van der Waals surface area contributed by atoms with E-state index in [0.717, 1.165) is 29.0 Å². The SMILES string of the molecule is O=c1ccnc([C@@H]2[C@@H]3C[C@@H](C[C@H]3O)N2c2cc(C(F)(F)F)cc(C(F)(F)F)n2)n1-c1ccc(F)c(Cl)c1. The maximum absolute atomic E-state index is 13.8. The van der Waals surface area contributed by atoms with E-state index in [1.807, 2.05) is 0 Å². The third kappa shape index (κ3) is 4.43. The molecular weight excluding hydrogens is 533 g/mol. The lowest BCUT2D eigenvalue weighted by molar-refractivity contribution is -0.145. The Balaban J connectivity index is 1.72. The number of aromatic nitrogens is 3. The number of fused-ring (bicyclic) bond motifs is 2. The average molecular weight is 549 g/mol. The van der Waals surface area contributed by atoms with Gasteiger partial charge in [-0.2, -0.15) is 26.3 Å². The summed E-state index contributed by atoms with van der Waals surface area (Å²) in [5.74, 6) is -2.15. The van der Waals surface area contributed by atoms with Crippen LogP contribution in [0.4, 0.5) is 36.6 Å². The van der Waals surface area contributed by atoms with Gasteiger partial charge in [-0.15, -0.1) is 0 Å². The molecule has 0 radical (unpaired) electrons. The van der Waals surface area contributed by atoms with Gasteiger partial charge < -0.3 is 10.0 Å². The predicted octanol–water partition coefficient (Wildman–Crippen LogP) is 5.16. The van der Waals surface area contributed by atoms with Crippen molar-refractivity contribution in [3.63, 3.8) is 0 Å². The van der Waals surface area contributed by atoms with Gasteiger partial charge in [-0.1, -0.05) is 11.6 Å². The summed E-state index contributed by atoms with van der Waals surface area (Å²) < 4.78 is 96.0. The number of anilines is 1. The van der Waals surface area contributed by atoms with Gasteiger partial charge >= 0.3 is 12.4 Å². The molecule has 1 aromatic carbocycles. The van der Waals surface area contributed by atoms with Gasteiger partial charge in [0, 0.05) is 24.2 Å². The summed E-state index contributed by atoms with van der Waals surface area (Å²) in [6.07, 6.45) is -9.80. The first kappa shape index (κ1) is 25.5. The van der Waals surface area contributed by atoms with E-state index in [2.05, 4.69) is 9.97 Å². The third-order valence-electron chi connectivity index (χ3n) is 6.64. The molecule has 2 fully saturated rings. The molecule has 1 aliphatic carbocycles. The van der Waals surface area contributed by atoms with Gasteiger partial charge in [-0.3, -0.25) is 9.36 Å². The maximum atomic E-state index is 13.8. The van der Waals surface area contributed by atoms with Gasteiger partial charge in [-0.05, 0) is 43.2 Å². The number of nitrogens with zero attached hydrogens (tertiary/aromatic N) is 4. The zero-order chi connectivity index (χ0) is 26.9. The summed E-state index contributed by atoms with van der Waals surface area (Å²) in [5, 5.41) is 10.3. The minimum atomic E-state index is -5.16. The second-order valence-electron chi connectivity index (χ2n) is 8.88. The Bertz CT molecular complexity index is 1390. The fraction of sp³-hybridized carbons (Fsp3) is 0.348. The number of alkyl halides is 6. The Morgan fingerprint density at radius 2 is 1.73 bits per heavy atom. The van der Waals surface area contributed by atoms with Crippen molar-refractivity contribution in [1.29, 1.82) is 0 Å². The lowest BCUT2D eigenvalue weighted by Gasteiger charge is -2.39. The molecule has 2 aliphatic rings. The van der Waals surface area contributed by atoms with Crippen LogP contribution in [0, 0.1) is 11.7 Å². The van der Waals surface area contributed by atoms with E-state index in [1.165, 1.54) is 11.0 Å². The van der Waals surface area contributed by atoms with Gasteiger partial charge in [-0.25, -0.2) is 14.4 Å². The molecule has 1 N–H and O–H groups in total. The Kier molecular flexibility index (Phi) is 5.98. The second kappa shape index (κ2) is 8.69. The van der Waals surface area contributed by atoms with Gasteiger partial charge in [0.05, 0.1) is 28.4 Å². The fourth-order valence-corrected chi connectivity index (χ4v) is 5.31. The molecule has 1 saturated carbocycles. The van der Waals surface area contributed by atoms with E-state index in [-0.39, 0.29) is 35.4 Å². The molecule has 196 valence electrons. The molecule has 2 aromatic heterocycles. The molecule has 1 aliphatic heterocycles. The van der Waals surface area contributed by atoms with Crippen LogP contribution in [0.2, 0.25) is 5.02 Å². The second-order valence-corrected chi connectivity index (χ2v) is 9.29. The van der Waals surface area contributed by atoms with E-state index in [4.69, 9.17) is 11.6 Å². The normalized spacial score (nSPS) is 23.6. The average Bonchev–Trinajstić information content (AvgIpc) is 3.36. The van der Waals surface area contributed by atoms with Crippen LogP contribution in [-0.4, -0.2) is 31.8 Å². The molecular formula is C23H16ClF7N4O2. The summed E-state index contributed by atoms with van der Waals surface area (Å²) in [4.78, 5) is 21.9. The lowest BCUT2D eigenvalue weighted by Crippen LogP contribution is -2.43. The third-order valence-corrected chi connectivity index (χ3v) is 6.93. The van der Waals surface area contributed by atoms with Crippen LogP contribution in [0.15, 0.2) is 47.4 Å². The van der Waals surface area contributed by atoms with E-state index >= 15 is 0 Å². The molecule has 2 bridgehead atoms. The van der Waals surface area contributed by atoms with Crippen LogP contribution in [-0.2, 0) is 12.4 Å². The van der Waals surface area contributed by atoms with Crippen LogP contribution in [0.3, 0.4) is 0 Å². The van der Waals surface area contributed by atoms with Crippen molar-refractivity contribution in [2.75, 3.05) is 4.90 Å². The number of rotatable bonds is 3. The lowest BCUT2D eigenvalue weighted by atomic mass is 9.94. The van der Waals surface area contributed by atoms with Crippen molar-refractivity contribution in [1.82, 2.24) is 14.5 Å². The smallest absolute Gasteiger partial charge is 0.393 e. The Labute approximate surface area is 208 Å². The quantitative estimate of drug-likeness (QED) is 0.458. The summed E-state index contributed by atoms with van der Waals surface area (Å²) in [5.41, 5.74) is -3.86. The maximum Gasteiger partial charge on any atom is 0.433 e. The number of aliphatic hydroxyl groups is 1. The highest BCUT2D eigenvalue weighted by Crippen LogP contribution is 2.52. The number of hydrogen-bond acceptors (Lipinski definition) is 5. The summed E-state index contributed by atoms with van der Waals surface area (Å²) in [7, 11) is 0. The largest absolute Gasteiger partial charge is 0.433 e. The zero-order valence-corrected chi connectivity index (χ0v) is 19.2. The van der Waals surface area contributed by atoms with Crippen LogP contribution >= 0.6 is 11.6 Å². The van der Waals surface area contributed by atoms with E-state index < -0.39 is 64.9 Å². The highest BCUT2D eigenvalue weighted by atomic mass is 35.5. The standard InChI is InChI=1S/C23H16ClF7N4O2/c24-14-8-11(1-2-15(14)25)35-19(37)3-4-32-21(35)20-13-7-12(9-16(13)36)34(20)18-6-10(22(26,27)28)5-17(33-18)23(29,30)31/h1-6,8,12-13,16,20,36H,7,9H2/t12-,13+,16+,20-/m0/s1. The van der Waals surface area contributed by atoms with Crippen molar-refractivity contribution >= 4 is 17.4 Å². The summed E-state index contributed by atoms with van der Waals surface area (Å²) >= 11 is 5.87. The van der Waals surface area contributed by atoms with Gasteiger partial charge in [0.25, 0.3) is 5.56 Å². The van der Waals surface area contributed by atoms with E-state index in [9.17, 15) is 40.6 Å². The van der Waals surface area contributed by atoms with Crippen LogP contribution in [0.25, 0.3) is 5.69 Å². The monoisotopic (exact) mass is 548 g/mol. The van der Waals surface area contributed by atoms with Crippen molar-refractivity contribution in [3.05, 3.63) is 80.9 Å². The number of pyridine rings is 1. The Hall–Kier alpha value is -3.19. The molecule has 3 heterocycles. The van der Waals surface area contributed by atoms with Crippen molar-refractivity contribution in [3.8, 4) is 5.69 Å². The number of piperidine rings is 1. The topological polar surface area (TPSA) is 71.2 Å². The predicted molar refractivity (Wildman–Crippen MR) is 117 cm³/mol. The minimum Gasteiger partial charge on any atom is -0.393 e. The minimum absolute atomic E-state index is 0.0693. The van der Waals surface area contributed by atoms with E-state index in [0.29, 0.717) is 6.07 Å². The highest BCUT2D eigenvalue weighted by Gasteiger charge is 2.54. The van der Waals surface area contributed by atoms with Crippen molar-refractivity contribution in [2.24, 2.45) is 5.92 Å². The molecule has 6 nitrogen and oxygen atoms in total. The van der Waals surface area contributed by atoms with E-state index in [1.54, 1.807) is 0 Å². The molecule has 0 amide bonds. The zero-order valence-electron chi connectivity index (χ0n) is 18.4. The first-order valence-electron chi connectivity index (χ1n) is 10.9. The molecule has 4 atom stereocenters. The summed E-state index contributed by atoms with van der Waals surface area (Å²) in [6.45, 7) is 0. The molecule has 37 heavy (non-hydrogen) atoms. The van der Waals surface area contributed by atoms with Crippen LogP contribution in [0.5, 0.6) is 0 Å². The fourth-order valence-electron chi connectivity index (χ4n) is 5.14. The van der Waals surface area contributed by atoms with Gasteiger partial charge in [0.15, 0.2) is 0 Å². The molecule has 1 saturated heterocycles. The number of hydrogen-bond donors (Lipinski definition) is 1. The van der Waals surface area contributed by atoms with Crippen molar-refractivity contribution in [2.45, 2.75) is 43.4 Å². The Morgan fingerprint density at radius 3 is 2.38 bits per heavy atom. The summed E-state index contributed by atoms with van der Waals surface area (Å²) in [6, 6.07) is 3.09.